The predicted octanol–water partition coefficient (Wildman–Crippen LogP) is 0.975. The molecule has 2 bridgehead atoms. The van der Waals surface area contributed by atoms with E-state index in [1.807, 2.05) is 18.2 Å². The quantitative estimate of drug-likeness (QED) is 0.754. The number of rotatable bonds is 3. The van der Waals surface area contributed by atoms with Gasteiger partial charge in [0.15, 0.2) is 0 Å². The lowest BCUT2D eigenvalue weighted by Gasteiger charge is -2.42. The number of piperidine rings is 1. The van der Waals surface area contributed by atoms with Gasteiger partial charge in [0.2, 0.25) is 5.91 Å². The zero-order chi connectivity index (χ0) is 20.8. The first-order chi connectivity index (χ1) is 14.5. The molecule has 158 valence electrons. The van der Waals surface area contributed by atoms with Crippen LogP contribution in [0.15, 0.2) is 39.7 Å². The van der Waals surface area contributed by atoms with Crippen molar-refractivity contribution in [2.45, 2.75) is 25.4 Å². The van der Waals surface area contributed by atoms with E-state index in [4.69, 9.17) is 4.42 Å². The smallest absolute Gasteiger partial charge is 0.263 e. The first-order valence-electron chi connectivity index (χ1n) is 10.5. The summed E-state index contributed by atoms with van der Waals surface area (Å²) in [6.45, 7) is 4.16. The van der Waals surface area contributed by atoms with E-state index >= 15 is 0 Å². The maximum absolute atomic E-state index is 13.2. The van der Waals surface area contributed by atoms with E-state index in [0.29, 0.717) is 25.6 Å². The Kier molecular flexibility index (Phi) is 4.73. The van der Waals surface area contributed by atoms with Gasteiger partial charge in [-0.1, -0.05) is 0 Å². The van der Waals surface area contributed by atoms with Gasteiger partial charge < -0.3 is 18.8 Å². The van der Waals surface area contributed by atoms with E-state index in [0.717, 1.165) is 37.5 Å². The second-order valence-corrected chi connectivity index (χ2v) is 8.70. The fourth-order valence-electron chi connectivity index (χ4n) is 5.06. The molecule has 5 heterocycles. The van der Waals surface area contributed by atoms with Crippen LogP contribution in [0.25, 0.3) is 0 Å². The first kappa shape index (κ1) is 19.1. The number of piperazine rings is 1. The highest BCUT2D eigenvalue weighted by Gasteiger charge is 2.36. The zero-order valence-electron chi connectivity index (χ0n) is 17.1. The van der Waals surface area contributed by atoms with Gasteiger partial charge in [0.1, 0.15) is 17.9 Å². The lowest BCUT2D eigenvalue weighted by Crippen LogP contribution is -2.52. The molecule has 3 aliphatic heterocycles. The molecule has 0 N–H and O–H groups in total. The van der Waals surface area contributed by atoms with Crippen LogP contribution in [0.1, 0.15) is 34.2 Å². The fourth-order valence-corrected chi connectivity index (χ4v) is 5.06. The largest absolute Gasteiger partial charge is 0.468 e. The van der Waals surface area contributed by atoms with Crippen molar-refractivity contribution in [3.8, 4) is 0 Å². The number of likely N-dealkylation sites (N-methyl/N-ethyl adjacent to an activating group) is 1. The molecule has 2 amide bonds. The maximum Gasteiger partial charge on any atom is 0.263 e. The van der Waals surface area contributed by atoms with E-state index in [-0.39, 0.29) is 35.4 Å². The summed E-state index contributed by atoms with van der Waals surface area (Å²) in [7, 11) is 1.73. The van der Waals surface area contributed by atoms with Crippen molar-refractivity contribution in [3.05, 3.63) is 57.9 Å². The molecule has 0 unspecified atom stereocenters. The molecule has 0 spiro atoms. The number of pyridine rings is 1. The van der Waals surface area contributed by atoms with Gasteiger partial charge in [-0.25, -0.2) is 0 Å². The van der Waals surface area contributed by atoms with Gasteiger partial charge in [-0.3, -0.25) is 19.3 Å². The van der Waals surface area contributed by atoms with Gasteiger partial charge in [-0.15, -0.1) is 0 Å². The van der Waals surface area contributed by atoms with E-state index in [9.17, 15) is 14.4 Å². The summed E-state index contributed by atoms with van der Waals surface area (Å²) in [6, 6.07) is 7.49. The van der Waals surface area contributed by atoms with Crippen LogP contribution in [-0.4, -0.2) is 70.9 Å². The highest BCUT2D eigenvalue weighted by molar-refractivity contribution is 5.96. The van der Waals surface area contributed by atoms with E-state index in [1.54, 1.807) is 28.8 Å². The summed E-state index contributed by atoms with van der Waals surface area (Å²) in [4.78, 5) is 43.6. The van der Waals surface area contributed by atoms with Crippen LogP contribution in [0.3, 0.4) is 0 Å². The van der Waals surface area contributed by atoms with Crippen LogP contribution in [0, 0.1) is 5.92 Å². The van der Waals surface area contributed by atoms with E-state index < -0.39 is 0 Å². The Hall–Kier alpha value is -2.87. The molecule has 2 aromatic rings. The van der Waals surface area contributed by atoms with Crippen molar-refractivity contribution in [1.29, 1.82) is 0 Å². The Morgan fingerprint density at radius 3 is 2.77 bits per heavy atom. The van der Waals surface area contributed by atoms with E-state index in [2.05, 4.69) is 4.90 Å². The first-order valence-corrected chi connectivity index (χ1v) is 10.5. The molecule has 2 saturated heterocycles. The van der Waals surface area contributed by atoms with Gasteiger partial charge in [0, 0.05) is 51.4 Å². The summed E-state index contributed by atoms with van der Waals surface area (Å²) >= 11 is 0. The average molecular weight is 410 g/mol. The number of fused-ring (bicyclic) bond motifs is 4. The Balaban J connectivity index is 1.37. The minimum absolute atomic E-state index is 0.0313. The van der Waals surface area contributed by atoms with E-state index in [1.165, 1.54) is 4.90 Å². The standard InChI is InChI=1S/C22H26N4O4/c1-23-6-7-25(14-20(23)27)21(28)18-4-5-19-16-9-15(11-26(19)22(18)29)10-24(12-16)13-17-3-2-8-30-17/h2-5,8,15-16H,6-7,9-14H2,1H3/t15-,16+/m0/s1. The van der Waals surface area contributed by atoms with Crippen molar-refractivity contribution in [1.82, 2.24) is 19.3 Å². The molecular weight excluding hydrogens is 384 g/mol. The monoisotopic (exact) mass is 410 g/mol. The molecule has 2 atom stereocenters. The summed E-state index contributed by atoms with van der Waals surface area (Å²) in [6.07, 6.45) is 2.76. The molecule has 2 fully saturated rings. The maximum atomic E-state index is 13.2. The molecule has 0 saturated carbocycles. The molecule has 5 rings (SSSR count). The van der Waals surface area contributed by atoms with Crippen LogP contribution < -0.4 is 5.56 Å². The third kappa shape index (κ3) is 3.35. The number of nitrogens with zero attached hydrogens (tertiary/aromatic N) is 4. The molecule has 30 heavy (non-hydrogen) atoms. The highest BCUT2D eigenvalue weighted by Crippen LogP contribution is 2.35. The molecule has 0 radical (unpaired) electrons. The third-order valence-electron chi connectivity index (χ3n) is 6.61. The summed E-state index contributed by atoms with van der Waals surface area (Å²) in [5.41, 5.74) is 0.952. The lowest BCUT2D eigenvalue weighted by molar-refractivity contribution is -0.133. The topological polar surface area (TPSA) is 79.0 Å². The number of amides is 2. The number of furan rings is 1. The number of hydrogen-bond acceptors (Lipinski definition) is 5. The van der Waals surface area contributed by atoms with Gasteiger partial charge in [-0.05, 0) is 36.6 Å². The Bertz CT molecular complexity index is 1030. The van der Waals surface area contributed by atoms with Crippen molar-refractivity contribution in [2.24, 2.45) is 5.92 Å². The Morgan fingerprint density at radius 2 is 2.00 bits per heavy atom. The second-order valence-electron chi connectivity index (χ2n) is 8.70. The molecule has 2 aromatic heterocycles. The molecule has 8 nitrogen and oxygen atoms in total. The van der Waals surface area contributed by atoms with Crippen LogP contribution in [0.2, 0.25) is 0 Å². The summed E-state index contributed by atoms with van der Waals surface area (Å²) < 4.78 is 7.29. The van der Waals surface area contributed by atoms with Crippen LogP contribution in [0.4, 0.5) is 0 Å². The zero-order valence-corrected chi connectivity index (χ0v) is 17.1. The number of aromatic nitrogens is 1. The number of hydrogen-bond donors (Lipinski definition) is 0. The van der Waals surface area contributed by atoms with Crippen molar-refractivity contribution >= 4 is 11.8 Å². The molecule has 3 aliphatic rings. The second kappa shape index (κ2) is 7.43. The number of carbonyl (C=O) groups is 2. The number of carbonyl (C=O) groups excluding carboxylic acids is 2. The van der Waals surface area contributed by atoms with Crippen molar-refractivity contribution in [2.75, 3.05) is 39.8 Å². The Labute approximate surface area is 174 Å². The van der Waals surface area contributed by atoms with Crippen LogP contribution >= 0.6 is 0 Å². The fraction of sp³-hybridized carbons (Fsp3) is 0.500. The highest BCUT2D eigenvalue weighted by atomic mass is 16.3. The van der Waals surface area contributed by atoms with Crippen molar-refractivity contribution < 1.29 is 14.0 Å². The summed E-state index contributed by atoms with van der Waals surface area (Å²) in [5, 5.41) is 0. The normalized spacial score (nSPS) is 24.1. The molecule has 8 heteroatoms. The SMILES string of the molecule is CN1CCN(C(=O)c2ccc3n(c2=O)C[C@H]2C[C@@H]3CN(Cc3ccco3)C2)CC1=O. The predicted molar refractivity (Wildman–Crippen MR) is 109 cm³/mol. The van der Waals surface area contributed by atoms with Crippen molar-refractivity contribution in [3.63, 3.8) is 0 Å². The van der Waals surface area contributed by atoms with Gasteiger partial charge in [0.25, 0.3) is 11.5 Å². The molecule has 0 aliphatic carbocycles. The third-order valence-corrected chi connectivity index (χ3v) is 6.61. The average Bonchev–Trinajstić information content (AvgIpc) is 3.23. The summed E-state index contributed by atoms with van der Waals surface area (Å²) in [5.74, 6) is 1.16. The van der Waals surface area contributed by atoms with Gasteiger partial charge >= 0.3 is 0 Å². The van der Waals surface area contributed by atoms with Gasteiger partial charge in [0.05, 0.1) is 12.8 Å². The lowest BCUT2D eigenvalue weighted by atomic mass is 9.83. The number of likely N-dealkylation sites (tertiary alicyclic amines) is 1. The minimum atomic E-state index is -0.341. The Morgan fingerprint density at radius 1 is 1.13 bits per heavy atom. The van der Waals surface area contributed by atoms with Gasteiger partial charge in [-0.2, -0.15) is 0 Å². The molecular formula is C22H26N4O4. The minimum Gasteiger partial charge on any atom is -0.468 e. The molecule has 0 aromatic carbocycles. The van der Waals surface area contributed by atoms with Crippen LogP contribution in [0.5, 0.6) is 0 Å². The van der Waals surface area contributed by atoms with Crippen LogP contribution in [-0.2, 0) is 17.9 Å².